The van der Waals surface area contributed by atoms with Crippen LogP contribution < -0.4 is 0 Å². The summed E-state index contributed by atoms with van der Waals surface area (Å²) in [4.78, 5) is 5.37. The van der Waals surface area contributed by atoms with E-state index in [0.717, 1.165) is 77.3 Å². The van der Waals surface area contributed by atoms with Crippen molar-refractivity contribution in [2.45, 2.75) is 0 Å². The highest BCUT2D eigenvalue weighted by molar-refractivity contribution is 6.30. The molecule has 0 fully saturated rings. The normalized spacial score (nSPS) is 12.1. The molecule has 4 nitrogen and oxygen atoms in total. The van der Waals surface area contributed by atoms with Crippen molar-refractivity contribution in [3.05, 3.63) is 212 Å². The molecule has 0 radical (unpaired) electrons. The van der Waals surface area contributed by atoms with E-state index in [1.165, 1.54) is 54.5 Å². The third kappa shape index (κ3) is 4.95. The van der Waals surface area contributed by atoms with Crippen molar-refractivity contribution in [3.8, 4) is 33.8 Å². The van der Waals surface area contributed by atoms with Gasteiger partial charge in [0.25, 0.3) is 0 Å². The van der Waals surface area contributed by atoms with Crippen LogP contribution in [-0.4, -0.2) is 14.1 Å². The second-order valence-corrected chi connectivity index (χ2v) is 16.7. The summed E-state index contributed by atoms with van der Waals surface area (Å²) < 4.78 is 11.8. The first-order valence-corrected chi connectivity index (χ1v) is 21.5. The van der Waals surface area contributed by atoms with Crippen LogP contribution in [0.15, 0.2) is 217 Å². The van der Waals surface area contributed by atoms with Gasteiger partial charge in [-0.15, -0.1) is 0 Å². The van der Waals surface area contributed by atoms with Gasteiger partial charge in [-0.05, 0) is 88.6 Å². The molecule has 4 aromatic heterocycles. The lowest BCUT2D eigenvalue weighted by Gasteiger charge is -2.15. The first-order chi connectivity index (χ1) is 31.2. The lowest BCUT2D eigenvalue weighted by atomic mass is 9.95. The average Bonchev–Trinajstić information content (AvgIpc) is 4.01. The molecule has 0 saturated heterocycles. The Kier molecular flexibility index (Phi) is 7.08. The van der Waals surface area contributed by atoms with Crippen LogP contribution in [0.3, 0.4) is 0 Å². The molecule has 4 heteroatoms. The maximum absolute atomic E-state index is 6.99. The standard InChI is InChI=1S/C59H35N3O/c1-2-15-37(16-3-1)58-48-35-54(59-57(45-21-9-13-25-55(45)63-59)56(48)44-20-6-10-22-49(44)60-58)62-51-24-12-8-19-43(51)47-34-40(28-31-53(47)62)39-27-30-52-46(33-39)42-18-7-11-23-50(42)61(52)41-29-26-36-14-4-5-17-38(36)32-41/h1-35H. The molecular weight excluding hydrogens is 767 g/mol. The van der Waals surface area contributed by atoms with Gasteiger partial charge in [0.2, 0.25) is 0 Å². The monoisotopic (exact) mass is 801 g/mol. The Morgan fingerprint density at radius 2 is 0.937 bits per heavy atom. The first-order valence-electron chi connectivity index (χ1n) is 21.5. The molecule has 0 unspecified atom stereocenters. The van der Waals surface area contributed by atoms with Crippen LogP contribution in [0.1, 0.15) is 0 Å². The lowest BCUT2D eigenvalue weighted by Crippen LogP contribution is -1.97. The number of aromatic nitrogens is 3. The fourth-order valence-electron chi connectivity index (χ4n) is 10.5. The lowest BCUT2D eigenvalue weighted by molar-refractivity contribution is 0.666. The predicted octanol–water partition coefficient (Wildman–Crippen LogP) is 16.0. The molecule has 0 aliphatic heterocycles. The van der Waals surface area contributed by atoms with Crippen molar-refractivity contribution < 1.29 is 4.42 Å². The molecule has 10 aromatic carbocycles. The fraction of sp³-hybridized carbons (Fsp3) is 0. The SMILES string of the molecule is c1ccc(-c2nc3ccccc3c3c2cc(-n2c4ccccc4c4cc(-c5ccc6c(c5)c5ccccc5n6-c5ccc6ccccc6c5)ccc42)c2oc4ccccc4c23)cc1. The quantitative estimate of drug-likeness (QED) is 0.166. The molecule has 14 rings (SSSR count). The Balaban J connectivity index is 1.02. The second kappa shape index (κ2) is 13.0. The zero-order valence-electron chi connectivity index (χ0n) is 34.0. The highest BCUT2D eigenvalue weighted by Crippen LogP contribution is 2.46. The number of hydrogen-bond acceptors (Lipinski definition) is 2. The van der Waals surface area contributed by atoms with E-state index in [1.54, 1.807) is 0 Å². The van der Waals surface area contributed by atoms with Crippen LogP contribution in [0.5, 0.6) is 0 Å². The number of rotatable bonds is 4. The van der Waals surface area contributed by atoms with Gasteiger partial charge in [0, 0.05) is 59.7 Å². The third-order valence-electron chi connectivity index (χ3n) is 13.2. The molecule has 0 amide bonds. The molecule has 0 aliphatic rings. The van der Waals surface area contributed by atoms with Gasteiger partial charge >= 0.3 is 0 Å². The summed E-state index contributed by atoms with van der Waals surface area (Å²) in [6, 6.07) is 76.6. The van der Waals surface area contributed by atoms with E-state index in [1.807, 2.05) is 0 Å². The van der Waals surface area contributed by atoms with Crippen molar-refractivity contribution in [1.29, 1.82) is 0 Å². The van der Waals surface area contributed by atoms with Gasteiger partial charge in [0.15, 0.2) is 5.58 Å². The smallest absolute Gasteiger partial charge is 0.160 e. The third-order valence-corrected chi connectivity index (χ3v) is 13.2. The van der Waals surface area contributed by atoms with E-state index < -0.39 is 0 Å². The second-order valence-electron chi connectivity index (χ2n) is 16.7. The molecule has 0 bridgehead atoms. The van der Waals surface area contributed by atoms with Crippen molar-refractivity contribution in [2.75, 3.05) is 0 Å². The van der Waals surface area contributed by atoms with Gasteiger partial charge in [-0.25, -0.2) is 4.98 Å². The summed E-state index contributed by atoms with van der Waals surface area (Å²) in [5.41, 5.74) is 13.8. The predicted molar refractivity (Wildman–Crippen MR) is 264 cm³/mol. The average molecular weight is 802 g/mol. The summed E-state index contributed by atoms with van der Waals surface area (Å²) in [6.45, 7) is 0. The van der Waals surface area contributed by atoms with E-state index in [0.29, 0.717) is 0 Å². The maximum Gasteiger partial charge on any atom is 0.160 e. The zero-order chi connectivity index (χ0) is 41.2. The van der Waals surface area contributed by atoms with Crippen LogP contribution >= 0.6 is 0 Å². The summed E-state index contributed by atoms with van der Waals surface area (Å²) >= 11 is 0. The van der Waals surface area contributed by atoms with E-state index >= 15 is 0 Å². The fourth-order valence-corrected chi connectivity index (χ4v) is 10.5. The van der Waals surface area contributed by atoms with Gasteiger partial charge in [-0.3, -0.25) is 0 Å². The van der Waals surface area contributed by atoms with E-state index in [-0.39, 0.29) is 0 Å². The molecule has 0 aliphatic carbocycles. The number of hydrogen-bond donors (Lipinski definition) is 0. The molecule has 4 heterocycles. The topological polar surface area (TPSA) is 35.9 Å². The molecule has 0 spiro atoms. The van der Waals surface area contributed by atoms with Crippen molar-refractivity contribution in [2.24, 2.45) is 0 Å². The van der Waals surface area contributed by atoms with Gasteiger partial charge in [-0.2, -0.15) is 0 Å². The van der Waals surface area contributed by atoms with E-state index in [2.05, 4.69) is 221 Å². The summed E-state index contributed by atoms with van der Waals surface area (Å²) in [6.07, 6.45) is 0. The van der Waals surface area contributed by atoms with Gasteiger partial charge in [-0.1, -0.05) is 146 Å². The van der Waals surface area contributed by atoms with Crippen LogP contribution in [-0.2, 0) is 0 Å². The summed E-state index contributed by atoms with van der Waals surface area (Å²) in [7, 11) is 0. The Morgan fingerprint density at radius 3 is 1.70 bits per heavy atom. The van der Waals surface area contributed by atoms with E-state index in [4.69, 9.17) is 9.40 Å². The van der Waals surface area contributed by atoms with Crippen molar-refractivity contribution in [3.63, 3.8) is 0 Å². The number of nitrogens with zero attached hydrogens (tertiary/aromatic N) is 3. The van der Waals surface area contributed by atoms with Crippen LogP contribution in [0.2, 0.25) is 0 Å². The van der Waals surface area contributed by atoms with Gasteiger partial charge in [0.05, 0.1) is 39.0 Å². The Morgan fingerprint density at radius 1 is 0.349 bits per heavy atom. The maximum atomic E-state index is 6.99. The van der Waals surface area contributed by atoms with Gasteiger partial charge in [0.1, 0.15) is 5.58 Å². The molecule has 292 valence electrons. The Hall–Kier alpha value is -8.47. The molecule has 63 heavy (non-hydrogen) atoms. The Bertz CT molecular complexity index is 4210. The Labute approximate surface area is 361 Å². The first kappa shape index (κ1) is 34.3. The largest absolute Gasteiger partial charge is 0.454 e. The van der Waals surface area contributed by atoms with Crippen LogP contribution in [0.25, 0.3) is 132 Å². The number of benzene rings is 10. The van der Waals surface area contributed by atoms with Crippen LogP contribution in [0.4, 0.5) is 0 Å². The van der Waals surface area contributed by atoms with E-state index in [9.17, 15) is 0 Å². The van der Waals surface area contributed by atoms with Crippen LogP contribution in [0, 0.1) is 0 Å². The minimum Gasteiger partial charge on any atom is -0.454 e. The summed E-state index contributed by atoms with van der Waals surface area (Å²) in [5, 5.41) is 12.9. The number of fused-ring (bicyclic) bond motifs is 14. The minimum absolute atomic E-state index is 0.860. The molecule has 0 atom stereocenters. The highest BCUT2D eigenvalue weighted by atomic mass is 16.3. The van der Waals surface area contributed by atoms with Crippen molar-refractivity contribution >= 4 is 98.0 Å². The molecule has 14 aromatic rings. The zero-order valence-corrected chi connectivity index (χ0v) is 34.0. The minimum atomic E-state index is 0.860. The number of pyridine rings is 1. The number of furan rings is 1. The number of para-hydroxylation sites is 4. The molecule has 0 saturated carbocycles. The molecular formula is C59H35N3O. The molecule has 0 N–H and O–H groups in total. The van der Waals surface area contributed by atoms with Crippen molar-refractivity contribution in [1.82, 2.24) is 14.1 Å². The highest BCUT2D eigenvalue weighted by Gasteiger charge is 2.24. The van der Waals surface area contributed by atoms with Gasteiger partial charge < -0.3 is 13.6 Å². The summed E-state index contributed by atoms with van der Waals surface area (Å²) in [5.74, 6) is 0.